The number of aliphatic hydroxyl groups excluding tert-OH is 7. The van der Waals surface area contributed by atoms with Gasteiger partial charge in [0.2, 0.25) is 0 Å². The molecule has 2 rings (SSSR count). The van der Waals surface area contributed by atoms with Gasteiger partial charge >= 0.3 is 0 Å². The largest absolute Gasteiger partial charge is 0.394 e. The SMILES string of the molecule is NCCCCCCO[C@H]1O[C@H](CO)[C@@H](O[C@@H]2O[C@H](CO)[C@H](O)[C@H](O)[C@H]2O)[C@H](O)[C@H]1O. The molecule has 2 heterocycles. The molecule has 9 N–H and O–H groups in total. The zero-order chi connectivity index (χ0) is 22.3. The summed E-state index contributed by atoms with van der Waals surface area (Å²) in [6.45, 7) is -0.356. The second-order valence-corrected chi connectivity index (χ2v) is 7.58. The lowest BCUT2D eigenvalue weighted by Crippen LogP contribution is -2.64. The number of aliphatic hydroxyl groups is 7. The topological polar surface area (TPSA) is 205 Å². The van der Waals surface area contributed by atoms with Crippen LogP contribution >= 0.6 is 0 Å². The van der Waals surface area contributed by atoms with Crippen molar-refractivity contribution in [3.8, 4) is 0 Å². The average molecular weight is 441 g/mol. The molecule has 0 amide bonds. The summed E-state index contributed by atoms with van der Waals surface area (Å²) in [5.41, 5.74) is 5.43. The predicted molar refractivity (Wildman–Crippen MR) is 99.9 cm³/mol. The number of hydrogen-bond donors (Lipinski definition) is 8. The summed E-state index contributed by atoms with van der Waals surface area (Å²) in [6, 6.07) is 0. The van der Waals surface area contributed by atoms with E-state index in [0.29, 0.717) is 13.0 Å². The maximum Gasteiger partial charge on any atom is 0.187 e. The maximum absolute atomic E-state index is 10.5. The molecule has 0 saturated carbocycles. The summed E-state index contributed by atoms with van der Waals surface area (Å²) in [4.78, 5) is 0. The van der Waals surface area contributed by atoms with Gasteiger partial charge in [0.1, 0.15) is 48.8 Å². The number of hydrogen-bond acceptors (Lipinski definition) is 12. The van der Waals surface area contributed by atoms with E-state index in [1.165, 1.54) is 0 Å². The molecule has 0 bridgehead atoms. The molecule has 0 spiro atoms. The molecule has 12 nitrogen and oxygen atoms in total. The molecular weight excluding hydrogens is 406 g/mol. The number of rotatable bonds is 11. The van der Waals surface area contributed by atoms with E-state index in [9.17, 15) is 35.7 Å². The highest BCUT2D eigenvalue weighted by Gasteiger charge is 2.50. The smallest absolute Gasteiger partial charge is 0.187 e. The van der Waals surface area contributed by atoms with Gasteiger partial charge in [-0.15, -0.1) is 0 Å². The fourth-order valence-electron chi connectivity index (χ4n) is 3.49. The lowest BCUT2D eigenvalue weighted by atomic mass is 9.97. The van der Waals surface area contributed by atoms with Crippen LogP contribution in [0.4, 0.5) is 0 Å². The Labute approximate surface area is 174 Å². The summed E-state index contributed by atoms with van der Waals surface area (Å²) >= 11 is 0. The Morgan fingerprint density at radius 2 is 1.27 bits per heavy atom. The number of ether oxygens (including phenoxy) is 4. The molecule has 0 aliphatic carbocycles. The van der Waals surface area contributed by atoms with Crippen LogP contribution in [0.1, 0.15) is 25.7 Å². The molecule has 2 aliphatic heterocycles. The third kappa shape index (κ3) is 6.28. The summed E-state index contributed by atoms with van der Waals surface area (Å²) in [7, 11) is 0. The van der Waals surface area contributed by atoms with Gasteiger partial charge in [0.05, 0.1) is 13.2 Å². The van der Waals surface area contributed by atoms with E-state index in [1.807, 2.05) is 0 Å². The van der Waals surface area contributed by atoms with Crippen molar-refractivity contribution in [3.05, 3.63) is 0 Å². The first kappa shape index (κ1) is 25.8. The molecule has 30 heavy (non-hydrogen) atoms. The van der Waals surface area contributed by atoms with Crippen LogP contribution in [-0.4, -0.2) is 124 Å². The average Bonchev–Trinajstić information content (AvgIpc) is 2.75. The molecule has 0 aromatic rings. The van der Waals surface area contributed by atoms with E-state index in [2.05, 4.69) is 0 Å². The quantitative estimate of drug-likeness (QED) is 0.145. The summed E-state index contributed by atoms with van der Waals surface area (Å²) in [5.74, 6) is 0. The van der Waals surface area contributed by atoms with Crippen molar-refractivity contribution in [2.24, 2.45) is 5.73 Å². The van der Waals surface area contributed by atoms with Crippen LogP contribution in [0.2, 0.25) is 0 Å². The Morgan fingerprint density at radius 1 is 0.667 bits per heavy atom. The standard InChI is InChI=1S/C18H35NO11/c19-5-3-1-2-4-6-27-17-15(26)13(24)16(10(8-21)29-17)30-18-14(25)12(23)11(22)9(7-20)28-18/h9-18,20-26H,1-8,19H2/t9-,10-,11+,12+,13-,14-,15-,16-,17+,18+/m1/s1. The minimum absolute atomic E-state index is 0.273. The minimum Gasteiger partial charge on any atom is -0.394 e. The fraction of sp³-hybridized carbons (Fsp3) is 1.00. The van der Waals surface area contributed by atoms with Crippen LogP contribution in [0.3, 0.4) is 0 Å². The Hall–Kier alpha value is -0.480. The van der Waals surface area contributed by atoms with E-state index < -0.39 is 74.6 Å². The number of nitrogens with two attached hydrogens (primary N) is 1. The van der Waals surface area contributed by atoms with Crippen molar-refractivity contribution in [1.29, 1.82) is 0 Å². The minimum atomic E-state index is -1.70. The van der Waals surface area contributed by atoms with E-state index in [0.717, 1.165) is 19.3 Å². The third-order valence-corrected chi connectivity index (χ3v) is 5.34. The van der Waals surface area contributed by atoms with Crippen molar-refractivity contribution >= 4 is 0 Å². The van der Waals surface area contributed by atoms with E-state index in [4.69, 9.17) is 24.7 Å². The normalized spacial score (nSPS) is 42.4. The van der Waals surface area contributed by atoms with E-state index in [1.54, 1.807) is 0 Å². The van der Waals surface area contributed by atoms with Crippen molar-refractivity contribution in [2.75, 3.05) is 26.4 Å². The van der Waals surface area contributed by atoms with Gasteiger partial charge in [0.15, 0.2) is 12.6 Å². The molecule has 178 valence electrons. The second-order valence-electron chi connectivity index (χ2n) is 7.58. The first-order valence-electron chi connectivity index (χ1n) is 10.3. The maximum atomic E-state index is 10.5. The van der Waals surface area contributed by atoms with Gasteiger partial charge in [-0.1, -0.05) is 12.8 Å². The molecule has 0 unspecified atom stereocenters. The Bertz CT molecular complexity index is 483. The first-order valence-corrected chi connectivity index (χ1v) is 10.3. The second kappa shape index (κ2) is 12.5. The van der Waals surface area contributed by atoms with Crippen LogP contribution in [0.5, 0.6) is 0 Å². The van der Waals surface area contributed by atoms with Gasteiger partial charge < -0.3 is 60.4 Å². The molecule has 2 saturated heterocycles. The van der Waals surface area contributed by atoms with Crippen molar-refractivity contribution in [3.63, 3.8) is 0 Å². The Morgan fingerprint density at radius 3 is 1.90 bits per heavy atom. The van der Waals surface area contributed by atoms with Crippen LogP contribution in [-0.2, 0) is 18.9 Å². The van der Waals surface area contributed by atoms with Crippen molar-refractivity contribution in [1.82, 2.24) is 0 Å². The summed E-state index contributed by atoms with van der Waals surface area (Å²) < 4.78 is 21.7. The highest BCUT2D eigenvalue weighted by atomic mass is 16.7. The fourth-order valence-corrected chi connectivity index (χ4v) is 3.49. The highest BCUT2D eigenvalue weighted by Crippen LogP contribution is 2.29. The van der Waals surface area contributed by atoms with Gasteiger partial charge in [0, 0.05) is 6.61 Å². The van der Waals surface area contributed by atoms with Crippen LogP contribution in [0.25, 0.3) is 0 Å². The van der Waals surface area contributed by atoms with Gasteiger partial charge in [-0.2, -0.15) is 0 Å². The Kier molecular flexibility index (Phi) is 10.8. The molecule has 2 aliphatic rings. The van der Waals surface area contributed by atoms with Crippen molar-refractivity contribution in [2.45, 2.75) is 87.1 Å². The predicted octanol–water partition coefficient (Wildman–Crippen LogP) is -3.85. The van der Waals surface area contributed by atoms with Gasteiger partial charge in [-0.25, -0.2) is 0 Å². The molecule has 12 heteroatoms. The summed E-state index contributed by atoms with van der Waals surface area (Å²) in [5, 5.41) is 69.5. The Balaban J connectivity index is 1.94. The molecule has 0 aromatic carbocycles. The van der Waals surface area contributed by atoms with Crippen LogP contribution < -0.4 is 5.73 Å². The highest BCUT2D eigenvalue weighted by molar-refractivity contribution is 4.94. The van der Waals surface area contributed by atoms with Crippen LogP contribution in [0.15, 0.2) is 0 Å². The molecule has 0 radical (unpaired) electrons. The molecule has 10 atom stereocenters. The zero-order valence-corrected chi connectivity index (χ0v) is 16.8. The van der Waals surface area contributed by atoms with Gasteiger partial charge in [-0.3, -0.25) is 0 Å². The molecule has 0 aromatic heterocycles. The summed E-state index contributed by atoms with van der Waals surface area (Å²) in [6.07, 6.45) is -11.0. The van der Waals surface area contributed by atoms with E-state index in [-0.39, 0.29) is 6.61 Å². The lowest BCUT2D eigenvalue weighted by molar-refractivity contribution is -0.359. The lowest BCUT2D eigenvalue weighted by Gasteiger charge is -2.45. The number of unbranched alkanes of at least 4 members (excludes halogenated alkanes) is 3. The van der Waals surface area contributed by atoms with Crippen LogP contribution in [0, 0.1) is 0 Å². The first-order chi connectivity index (χ1) is 14.3. The monoisotopic (exact) mass is 441 g/mol. The van der Waals surface area contributed by atoms with Gasteiger partial charge in [-0.05, 0) is 19.4 Å². The van der Waals surface area contributed by atoms with Gasteiger partial charge in [0.25, 0.3) is 0 Å². The van der Waals surface area contributed by atoms with E-state index >= 15 is 0 Å². The van der Waals surface area contributed by atoms with Crippen molar-refractivity contribution < 1.29 is 54.7 Å². The molecular formula is C18H35NO11. The third-order valence-electron chi connectivity index (χ3n) is 5.34. The zero-order valence-electron chi connectivity index (χ0n) is 16.8. The molecule has 2 fully saturated rings.